The number of hydrogen-bond donors (Lipinski definition) is 0. The topological polar surface area (TPSA) is 23.6 Å². The predicted molar refractivity (Wildman–Crippen MR) is 112 cm³/mol. The van der Waals surface area contributed by atoms with Gasteiger partial charge < -0.3 is 9.80 Å². The van der Waals surface area contributed by atoms with Gasteiger partial charge in [0.1, 0.15) is 5.82 Å². The molecule has 2 fully saturated rings. The quantitative estimate of drug-likeness (QED) is 0.693. The van der Waals surface area contributed by atoms with Gasteiger partial charge in [-0.2, -0.15) is 0 Å². The number of likely N-dealkylation sites (tertiary alicyclic amines) is 1. The molecule has 1 atom stereocenters. The lowest BCUT2D eigenvalue weighted by atomic mass is 9.82. The van der Waals surface area contributed by atoms with Crippen LogP contribution in [0.1, 0.15) is 47.3 Å². The van der Waals surface area contributed by atoms with Crippen LogP contribution < -0.4 is 0 Å². The molecule has 5 heteroatoms. The fraction of sp³-hybridized carbons (Fsp3) is 0.522. The largest absolute Gasteiger partial charge is 0.337 e. The van der Waals surface area contributed by atoms with Crippen molar-refractivity contribution in [2.24, 2.45) is 5.92 Å². The molecule has 1 aromatic carbocycles. The van der Waals surface area contributed by atoms with Crippen molar-refractivity contribution in [3.05, 3.63) is 58.0 Å². The monoisotopic (exact) mass is 400 g/mol. The number of thiophene rings is 1. The summed E-state index contributed by atoms with van der Waals surface area (Å²) >= 11 is 1.47. The number of carbonyl (C=O) groups excluding carboxylic acids is 1. The van der Waals surface area contributed by atoms with Crippen LogP contribution in [0.3, 0.4) is 0 Å². The molecule has 1 aromatic heterocycles. The Labute approximate surface area is 171 Å². The average Bonchev–Trinajstić information content (AvgIpc) is 3.20. The molecular weight excluding hydrogens is 371 g/mol. The maximum atomic E-state index is 14.4. The van der Waals surface area contributed by atoms with Crippen molar-refractivity contribution in [3.8, 4) is 0 Å². The van der Waals surface area contributed by atoms with E-state index in [-0.39, 0.29) is 17.8 Å². The molecule has 4 rings (SSSR count). The molecule has 0 radical (unpaired) electrons. The normalized spacial score (nSPS) is 19.9. The van der Waals surface area contributed by atoms with Gasteiger partial charge in [-0.25, -0.2) is 4.39 Å². The van der Waals surface area contributed by atoms with Gasteiger partial charge in [0, 0.05) is 19.1 Å². The Bertz CT molecular complexity index is 782. The van der Waals surface area contributed by atoms with Crippen LogP contribution in [0.25, 0.3) is 0 Å². The molecule has 0 spiro atoms. The van der Waals surface area contributed by atoms with E-state index in [0.29, 0.717) is 17.9 Å². The number of amides is 1. The van der Waals surface area contributed by atoms with E-state index in [1.165, 1.54) is 36.7 Å². The van der Waals surface area contributed by atoms with E-state index in [2.05, 4.69) is 4.90 Å². The van der Waals surface area contributed by atoms with E-state index in [1.807, 2.05) is 41.6 Å². The van der Waals surface area contributed by atoms with E-state index in [4.69, 9.17) is 0 Å². The minimum absolute atomic E-state index is 0.0232. The summed E-state index contributed by atoms with van der Waals surface area (Å²) in [6, 6.07) is 11.6. The second-order valence-electron chi connectivity index (χ2n) is 8.21. The molecule has 28 heavy (non-hydrogen) atoms. The summed E-state index contributed by atoms with van der Waals surface area (Å²) < 4.78 is 14.4. The van der Waals surface area contributed by atoms with Gasteiger partial charge in [-0.3, -0.25) is 4.79 Å². The zero-order valence-corrected chi connectivity index (χ0v) is 17.3. The Morgan fingerprint density at radius 1 is 1.18 bits per heavy atom. The van der Waals surface area contributed by atoms with Crippen molar-refractivity contribution in [1.82, 2.24) is 9.80 Å². The number of halogens is 1. The SMILES string of the molecule is CN(C(=O)c1cccs1)[C@@H](Cc1ccccc1F)C1CCN(C2CCC2)CC1. The van der Waals surface area contributed by atoms with Gasteiger partial charge in [-0.05, 0) is 74.2 Å². The molecule has 1 amide bonds. The number of hydrogen-bond acceptors (Lipinski definition) is 3. The van der Waals surface area contributed by atoms with Crippen molar-refractivity contribution < 1.29 is 9.18 Å². The van der Waals surface area contributed by atoms with E-state index in [1.54, 1.807) is 6.07 Å². The fourth-order valence-corrected chi connectivity index (χ4v) is 5.36. The minimum atomic E-state index is -0.170. The zero-order valence-electron chi connectivity index (χ0n) is 16.5. The first-order valence-electron chi connectivity index (χ1n) is 10.4. The van der Waals surface area contributed by atoms with Crippen molar-refractivity contribution in [3.63, 3.8) is 0 Å². The van der Waals surface area contributed by atoms with Gasteiger partial charge in [0.05, 0.1) is 4.88 Å². The second-order valence-corrected chi connectivity index (χ2v) is 9.16. The Hall–Kier alpha value is -1.72. The summed E-state index contributed by atoms with van der Waals surface area (Å²) in [7, 11) is 1.89. The first-order chi connectivity index (χ1) is 13.6. The molecule has 3 nitrogen and oxygen atoms in total. The summed E-state index contributed by atoms with van der Waals surface area (Å²) in [5.41, 5.74) is 0.708. The van der Waals surface area contributed by atoms with Crippen LogP contribution in [0.2, 0.25) is 0 Å². The molecule has 0 unspecified atom stereocenters. The molecule has 2 heterocycles. The Balaban J connectivity index is 1.51. The maximum absolute atomic E-state index is 14.4. The number of benzene rings is 1. The Morgan fingerprint density at radius 2 is 1.93 bits per heavy atom. The van der Waals surface area contributed by atoms with E-state index < -0.39 is 0 Å². The minimum Gasteiger partial charge on any atom is -0.337 e. The number of piperidine rings is 1. The third-order valence-corrected chi connectivity index (χ3v) is 7.50. The number of nitrogens with zero attached hydrogens (tertiary/aromatic N) is 2. The number of likely N-dealkylation sites (N-methyl/N-ethyl adjacent to an activating group) is 1. The summed E-state index contributed by atoms with van der Waals surface area (Å²) in [5.74, 6) is 0.291. The van der Waals surface area contributed by atoms with Gasteiger partial charge >= 0.3 is 0 Å². The Morgan fingerprint density at radius 3 is 2.54 bits per heavy atom. The lowest BCUT2D eigenvalue weighted by molar-refractivity contribution is 0.0446. The standard InChI is InChI=1S/C23H29FN2OS/c1-25(23(27)22-10-5-15-28-22)21(16-18-6-2-3-9-20(18)24)17-11-13-26(14-12-17)19-7-4-8-19/h2-3,5-6,9-10,15,17,19,21H,4,7-8,11-14,16H2,1H3/t21-/m0/s1. The van der Waals surface area contributed by atoms with Gasteiger partial charge in [-0.1, -0.05) is 30.7 Å². The first-order valence-corrected chi connectivity index (χ1v) is 11.3. The van der Waals surface area contributed by atoms with Crippen LogP contribution in [0.15, 0.2) is 41.8 Å². The van der Waals surface area contributed by atoms with Crippen LogP contribution in [0.4, 0.5) is 4.39 Å². The third-order valence-electron chi connectivity index (χ3n) is 6.65. The number of carbonyl (C=O) groups is 1. The summed E-state index contributed by atoms with van der Waals surface area (Å²) in [5, 5.41) is 1.93. The van der Waals surface area contributed by atoms with Crippen LogP contribution >= 0.6 is 11.3 Å². The molecule has 1 aliphatic carbocycles. The molecule has 1 saturated heterocycles. The van der Waals surface area contributed by atoms with Gasteiger partial charge in [0.2, 0.25) is 0 Å². The highest BCUT2D eigenvalue weighted by molar-refractivity contribution is 7.12. The van der Waals surface area contributed by atoms with Gasteiger partial charge in [0.15, 0.2) is 0 Å². The molecule has 2 aromatic rings. The summed E-state index contributed by atoms with van der Waals surface area (Å²) in [4.78, 5) is 18.3. The van der Waals surface area contributed by atoms with Gasteiger partial charge in [-0.15, -0.1) is 11.3 Å². The third kappa shape index (κ3) is 4.15. The van der Waals surface area contributed by atoms with Crippen molar-refractivity contribution in [2.75, 3.05) is 20.1 Å². The van der Waals surface area contributed by atoms with Crippen LogP contribution in [-0.4, -0.2) is 47.9 Å². The van der Waals surface area contributed by atoms with E-state index >= 15 is 0 Å². The zero-order chi connectivity index (χ0) is 19.5. The molecule has 0 N–H and O–H groups in total. The summed E-state index contributed by atoms with van der Waals surface area (Å²) in [6.45, 7) is 2.20. The molecule has 1 saturated carbocycles. The molecule has 0 bridgehead atoms. The molecule has 1 aliphatic heterocycles. The Kier molecular flexibility index (Phi) is 6.12. The lowest BCUT2D eigenvalue weighted by Gasteiger charge is -2.44. The lowest BCUT2D eigenvalue weighted by Crippen LogP contribution is -2.50. The molecular formula is C23H29FN2OS. The van der Waals surface area contributed by atoms with Crippen molar-refractivity contribution in [2.45, 2.75) is 50.6 Å². The van der Waals surface area contributed by atoms with Crippen LogP contribution in [-0.2, 0) is 6.42 Å². The number of rotatable bonds is 6. The van der Waals surface area contributed by atoms with Crippen LogP contribution in [0, 0.1) is 11.7 Å². The highest BCUT2D eigenvalue weighted by Gasteiger charge is 2.35. The van der Waals surface area contributed by atoms with Crippen molar-refractivity contribution >= 4 is 17.2 Å². The highest BCUT2D eigenvalue weighted by atomic mass is 32.1. The predicted octanol–water partition coefficient (Wildman–Crippen LogP) is 4.84. The second kappa shape index (κ2) is 8.75. The smallest absolute Gasteiger partial charge is 0.263 e. The summed E-state index contributed by atoms with van der Waals surface area (Å²) in [6.07, 6.45) is 6.77. The molecule has 150 valence electrons. The first kappa shape index (κ1) is 19.6. The highest BCUT2D eigenvalue weighted by Crippen LogP contribution is 2.32. The van der Waals surface area contributed by atoms with Crippen LogP contribution in [0.5, 0.6) is 0 Å². The van der Waals surface area contributed by atoms with E-state index in [9.17, 15) is 9.18 Å². The van der Waals surface area contributed by atoms with Gasteiger partial charge in [0.25, 0.3) is 5.91 Å². The maximum Gasteiger partial charge on any atom is 0.263 e. The molecule has 2 aliphatic rings. The fourth-order valence-electron chi connectivity index (χ4n) is 4.65. The average molecular weight is 401 g/mol. The van der Waals surface area contributed by atoms with Crippen molar-refractivity contribution in [1.29, 1.82) is 0 Å². The van der Waals surface area contributed by atoms with E-state index in [0.717, 1.165) is 36.9 Å².